The summed E-state index contributed by atoms with van der Waals surface area (Å²) in [5.74, 6) is 1.22. The van der Waals surface area contributed by atoms with Crippen molar-refractivity contribution in [3.63, 3.8) is 0 Å². The van der Waals surface area contributed by atoms with Crippen molar-refractivity contribution in [2.24, 2.45) is 5.41 Å². The topological polar surface area (TPSA) is 69.4 Å². The molecular formula is C13H23N3O2. The van der Waals surface area contributed by atoms with Crippen LogP contribution in [0.5, 0.6) is 5.88 Å². The highest BCUT2D eigenvalue weighted by atomic mass is 16.5. The molecule has 0 aliphatic heterocycles. The van der Waals surface area contributed by atoms with Crippen LogP contribution in [0.1, 0.15) is 20.3 Å². The van der Waals surface area contributed by atoms with E-state index < -0.39 is 0 Å². The molecule has 0 atom stereocenters. The minimum Gasteiger partial charge on any atom is -0.479 e. The molecule has 0 aliphatic carbocycles. The molecule has 0 aliphatic rings. The van der Waals surface area contributed by atoms with E-state index in [-0.39, 0.29) is 5.41 Å². The summed E-state index contributed by atoms with van der Waals surface area (Å²) in [4.78, 5) is 4.28. The zero-order chi connectivity index (χ0) is 13.6. The summed E-state index contributed by atoms with van der Waals surface area (Å²) in [6.07, 6.45) is 0.989. The van der Waals surface area contributed by atoms with Crippen LogP contribution in [0.2, 0.25) is 0 Å². The molecule has 102 valence electrons. The highest BCUT2D eigenvalue weighted by molar-refractivity contribution is 5.53. The summed E-state index contributed by atoms with van der Waals surface area (Å²) in [6, 6.07) is 3.64. The lowest BCUT2D eigenvalue weighted by Gasteiger charge is -2.25. The summed E-state index contributed by atoms with van der Waals surface area (Å²) in [5.41, 5.74) is 6.40. The molecule has 1 aromatic heterocycles. The number of hydrogen-bond donors (Lipinski definition) is 2. The second-order valence-corrected chi connectivity index (χ2v) is 5.06. The Labute approximate surface area is 109 Å². The monoisotopic (exact) mass is 253 g/mol. The maximum absolute atomic E-state index is 5.72. The molecule has 0 saturated carbocycles. The first-order chi connectivity index (χ1) is 8.48. The first kappa shape index (κ1) is 14.6. The Balaban J connectivity index is 2.57. The maximum atomic E-state index is 5.72. The molecule has 0 fully saturated rings. The van der Waals surface area contributed by atoms with Gasteiger partial charge in [-0.05, 0) is 24.0 Å². The van der Waals surface area contributed by atoms with Gasteiger partial charge in [-0.1, -0.05) is 13.8 Å². The van der Waals surface area contributed by atoms with Gasteiger partial charge in [0.05, 0.1) is 12.8 Å². The fourth-order valence-corrected chi connectivity index (χ4v) is 1.51. The zero-order valence-corrected chi connectivity index (χ0v) is 11.6. The Morgan fingerprint density at radius 3 is 2.67 bits per heavy atom. The van der Waals surface area contributed by atoms with Crippen LogP contribution in [0.15, 0.2) is 12.1 Å². The highest BCUT2D eigenvalue weighted by Crippen LogP contribution is 2.23. The lowest BCUT2D eigenvalue weighted by Crippen LogP contribution is -2.25. The van der Waals surface area contributed by atoms with Gasteiger partial charge >= 0.3 is 0 Å². The number of nitrogens with two attached hydrogens (primary N) is 1. The number of rotatable bonds is 7. The first-order valence-electron chi connectivity index (χ1n) is 6.02. The molecular weight excluding hydrogens is 230 g/mol. The van der Waals surface area contributed by atoms with Gasteiger partial charge in [-0.15, -0.1) is 0 Å². The molecule has 0 aromatic carbocycles. The number of nitrogens with zero attached hydrogens (tertiary/aromatic N) is 1. The summed E-state index contributed by atoms with van der Waals surface area (Å²) in [5, 5.41) is 3.29. The van der Waals surface area contributed by atoms with Crippen molar-refractivity contribution >= 4 is 11.5 Å². The van der Waals surface area contributed by atoms with E-state index in [1.807, 2.05) is 6.07 Å². The molecule has 1 heterocycles. The van der Waals surface area contributed by atoms with Crippen LogP contribution < -0.4 is 15.8 Å². The molecule has 5 nitrogen and oxygen atoms in total. The van der Waals surface area contributed by atoms with Crippen molar-refractivity contribution in [1.29, 1.82) is 0 Å². The number of nitrogen functional groups attached to an aromatic ring is 1. The minimum atomic E-state index is 0.145. The van der Waals surface area contributed by atoms with Gasteiger partial charge in [0.15, 0.2) is 0 Å². The van der Waals surface area contributed by atoms with Crippen LogP contribution in [0.25, 0.3) is 0 Å². The van der Waals surface area contributed by atoms with Gasteiger partial charge in [-0.3, -0.25) is 0 Å². The van der Waals surface area contributed by atoms with Crippen molar-refractivity contribution in [3.05, 3.63) is 12.1 Å². The molecule has 0 radical (unpaired) electrons. The first-order valence-corrected chi connectivity index (χ1v) is 6.02. The van der Waals surface area contributed by atoms with E-state index in [4.69, 9.17) is 15.2 Å². The average molecular weight is 253 g/mol. The zero-order valence-electron chi connectivity index (χ0n) is 11.6. The molecule has 3 N–H and O–H groups in total. The molecule has 18 heavy (non-hydrogen) atoms. The van der Waals surface area contributed by atoms with E-state index in [9.17, 15) is 0 Å². The Kier molecular flexibility index (Phi) is 5.22. The summed E-state index contributed by atoms with van der Waals surface area (Å²) in [7, 11) is 3.28. The molecule has 1 aromatic rings. The Morgan fingerprint density at radius 1 is 1.33 bits per heavy atom. The van der Waals surface area contributed by atoms with Crippen LogP contribution in [0.3, 0.4) is 0 Å². The van der Waals surface area contributed by atoms with Crippen LogP contribution in [0.4, 0.5) is 11.5 Å². The Hall–Kier alpha value is -1.49. The SMILES string of the molecule is COCCC(C)(C)CNc1ccc(N)c(OC)n1. The Morgan fingerprint density at radius 2 is 2.06 bits per heavy atom. The van der Waals surface area contributed by atoms with Gasteiger partial charge < -0.3 is 20.5 Å². The van der Waals surface area contributed by atoms with Crippen LogP contribution in [0, 0.1) is 5.41 Å². The third-order valence-electron chi connectivity index (χ3n) is 2.81. The largest absolute Gasteiger partial charge is 0.479 e. The third-order valence-corrected chi connectivity index (χ3v) is 2.81. The van der Waals surface area contributed by atoms with E-state index in [2.05, 4.69) is 24.1 Å². The maximum Gasteiger partial charge on any atom is 0.238 e. The molecule has 0 saturated heterocycles. The van der Waals surface area contributed by atoms with Gasteiger partial charge in [-0.25, -0.2) is 0 Å². The number of ether oxygens (including phenoxy) is 2. The smallest absolute Gasteiger partial charge is 0.238 e. The highest BCUT2D eigenvalue weighted by Gasteiger charge is 2.17. The predicted octanol–water partition coefficient (Wildman–Crippen LogP) is 2.15. The number of nitrogens with one attached hydrogen (secondary N) is 1. The van der Waals surface area contributed by atoms with Crippen molar-refractivity contribution in [3.8, 4) is 5.88 Å². The number of methoxy groups -OCH3 is 2. The van der Waals surface area contributed by atoms with E-state index in [0.29, 0.717) is 11.6 Å². The van der Waals surface area contributed by atoms with Gasteiger partial charge in [0.2, 0.25) is 5.88 Å². The normalized spacial score (nSPS) is 11.3. The summed E-state index contributed by atoms with van der Waals surface area (Å²) < 4.78 is 10.2. The average Bonchev–Trinajstić information content (AvgIpc) is 2.35. The van der Waals surface area contributed by atoms with E-state index in [0.717, 1.165) is 25.4 Å². The lowest BCUT2D eigenvalue weighted by molar-refractivity contribution is 0.157. The number of anilines is 2. The third kappa shape index (κ3) is 4.41. The predicted molar refractivity (Wildman–Crippen MR) is 74.0 cm³/mol. The molecule has 5 heteroatoms. The van der Waals surface area contributed by atoms with Crippen LogP contribution >= 0.6 is 0 Å². The fraction of sp³-hybridized carbons (Fsp3) is 0.615. The van der Waals surface area contributed by atoms with Gasteiger partial charge in [0, 0.05) is 20.3 Å². The van der Waals surface area contributed by atoms with Crippen LogP contribution in [-0.4, -0.2) is 32.4 Å². The van der Waals surface area contributed by atoms with Gasteiger partial charge in [0.1, 0.15) is 5.82 Å². The van der Waals surface area contributed by atoms with Crippen molar-refractivity contribution in [1.82, 2.24) is 4.98 Å². The quantitative estimate of drug-likeness (QED) is 0.779. The number of aromatic nitrogens is 1. The molecule has 0 amide bonds. The van der Waals surface area contributed by atoms with Crippen LogP contribution in [-0.2, 0) is 4.74 Å². The van der Waals surface area contributed by atoms with E-state index in [1.54, 1.807) is 20.3 Å². The van der Waals surface area contributed by atoms with Gasteiger partial charge in [0.25, 0.3) is 0 Å². The fourth-order valence-electron chi connectivity index (χ4n) is 1.51. The number of hydrogen-bond acceptors (Lipinski definition) is 5. The minimum absolute atomic E-state index is 0.145. The molecule has 0 unspecified atom stereocenters. The van der Waals surface area contributed by atoms with Gasteiger partial charge in [-0.2, -0.15) is 4.98 Å². The molecule has 0 spiro atoms. The molecule has 0 bridgehead atoms. The van der Waals surface area contributed by atoms with Crippen molar-refractivity contribution < 1.29 is 9.47 Å². The molecule has 1 rings (SSSR count). The summed E-state index contributed by atoms with van der Waals surface area (Å²) >= 11 is 0. The number of pyridine rings is 1. The second-order valence-electron chi connectivity index (χ2n) is 5.06. The van der Waals surface area contributed by atoms with Crippen molar-refractivity contribution in [2.45, 2.75) is 20.3 Å². The summed E-state index contributed by atoms with van der Waals surface area (Å²) in [6.45, 7) is 5.95. The second kappa shape index (κ2) is 6.44. The Bertz CT molecular complexity index is 380. The van der Waals surface area contributed by atoms with Crippen molar-refractivity contribution in [2.75, 3.05) is 38.4 Å². The standard InChI is InChI=1S/C13H23N3O2/c1-13(2,7-8-17-3)9-15-11-6-5-10(14)12(16-11)18-4/h5-6H,7-9,14H2,1-4H3,(H,15,16). The lowest BCUT2D eigenvalue weighted by atomic mass is 9.90. The van der Waals surface area contributed by atoms with E-state index in [1.165, 1.54) is 0 Å². The van der Waals surface area contributed by atoms with E-state index >= 15 is 0 Å².